The van der Waals surface area contributed by atoms with Crippen molar-refractivity contribution in [1.82, 2.24) is 14.7 Å². The van der Waals surface area contributed by atoms with Gasteiger partial charge in [0.1, 0.15) is 0 Å². The lowest BCUT2D eigenvalue weighted by atomic mass is 10.1. The van der Waals surface area contributed by atoms with Gasteiger partial charge in [0.25, 0.3) is 0 Å². The molecule has 1 saturated heterocycles. The van der Waals surface area contributed by atoms with Gasteiger partial charge in [0.2, 0.25) is 0 Å². The minimum absolute atomic E-state index is 0.0630. The van der Waals surface area contributed by atoms with E-state index in [1.807, 2.05) is 6.20 Å². The molecule has 1 unspecified atom stereocenters. The Kier molecular flexibility index (Phi) is 2.30. The fourth-order valence-corrected chi connectivity index (χ4v) is 2.73. The summed E-state index contributed by atoms with van der Waals surface area (Å²) in [6.07, 6.45) is 6.62. The Morgan fingerprint density at radius 1 is 1.50 bits per heavy atom. The average molecular weight is 220 g/mol. The molecule has 4 heteroatoms. The number of likely N-dealkylation sites (tertiary alicyclic amines) is 1. The summed E-state index contributed by atoms with van der Waals surface area (Å²) in [5, 5.41) is 4.49. The number of aromatic nitrogens is 2. The summed E-state index contributed by atoms with van der Waals surface area (Å²) in [7, 11) is 2.19. The average Bonchev–Trinajstić information content (AvgIpc) is 2.83. The first kappa shape index (κ1) is 10.3. The second kappa shape index (κ2) is 3.57. The fourth-order valence-electron chi connectivity index (χ4n) is 2.73. The number of likely N-dealkylation sites (N-methyl/N-ethyl adjacent to an activating group) is 1. The van der Waals surface area contributed by atoms with E-state index in [1.165, 1.54) is 25.1 Å². The lowest BCUT2D eigenvalue weighted by molar-refractivity contribution is 0.198. The van der Waals surface area contributed by atoms with Gasteiger partial charge >= 0.3 is 0 Å². The van der Waals surface area contributed by atoms with Crippen LogP contribution in [0.1, 0.15) is 37.4 Å². The van der Waals surface area contributed by atoms with E-state index in [0.717, 1.165) is 19.4 Å². The van der Waals surface area contributed by atoms with E-state index in [4.69, 9.17) is 5.73 Å². The third kappa shape index (κ3) is 1.66. The molecule has 16 heavy (non-hydrogen) atoms. The second-order valence-corrected chi connectivity index (χ2v) is 5.38. The van der Waals surface area contributed by atoms with Crippen LogP contribution in [0.15, 0.2) is 12.3 Å². The van der Waals surface area contributed by atoms with Crippen molar-refractivity contribution in [1.29, 1.82) is 0 Å². The second-order valence-electron chi connectivity index (χ2n) is 5.38. The van der Waals surface area contributed by atoms with Crippen LogP contribution in [0, 0.1) is 0 Å². The lowest BCUT2D eigenvalue weighted by Gasteiger charge is -2.31. The zero-order valence-electron chi connectivity index (χ0n) is 9.89. The summed E-state index contributed by atoms with van der Waals surface area (Å²) >= 11 is 0. The maximum Gasteiger partial charge on any atom is 0.0650 e. The van der Waals surface area contributed by atoms with Gasteiger partial charge in [0.05, 0.1) is 17.3 Å². The number of piperidine rings is 1. The van der Waals surface area contributed by atoms with Crippen molar-refractivity contribution in [3.8, 4) is 0 Å². The zero-order valence-corrected chi connectivity index (χ0v) is 9.89. The van der Waals surface area contributed by atoms with Gasteiger partial charge in [0.15, 0.2) is 0 Å². The Morgan fingerprint density at radius 3 is 3.00 bits per heavy atom. The molecule has 0 spiro atoms. The Balaban J connectivity index is 1.85. The van der Waals surface area contributed by atoms with Gasteiger partial charge in [0, 0.05) is 12.7 Å². The van der Waals surface area contributed by atoms with Crippen LogP contribution in [-0.2, 0) is 5.54 Å². The van der Waals surface area contributed by atoms with Gasteiger partial charge in [-0.2, -0.15) is 5.10 Å². The first-order chi connectivity index (χ1) is 7.69. The van der Waals surface area contributed by atoms with Crippen molar-refractivity contribution in [3.05, 3.63) is 18.0 Å². The summed E-state index contributed by atoms with van der Waals surface area (Å²) in [6.45, 7) is 2.31. The van der Waals surface area contributed by atoms with Gasteiger partial charge < -0.3 is 10.6 Å². The van der Waals surface area contributed by atoms with Crippen LogP contribution in [0.25, 0.3) is 0 Å². The molecular formula is C12H20N4. The van der Waals surface area contributed by atoms with Crippen LogP contribution in [0.3, 0.4) is 0 Å². The Bertz CT molecular complexity index is 380. The van der Waals surface area contributed by atoms with Crippen molar-refractivity contribution in [2.24, 2.45) is 5.73 Å². The molecule has 1 saturated carbocycles. The molecule has 2 heterocycles. The molecule has 3 rings (SSSR count). The summed E-state index contributed by atoms with van der Waals surface area (Å²) < 4.78 is 2.18. The van der Waals surface area contributed by atoms with Crippen LogP contribution < -0.4 is 5.73 Å². The van der Waals surface area contributed by atoms with Gasteiger partial charge in [-0.05, 0) is 45.3 Å². The normalized spacial score (nSPS) is 29.2. The molecule has 2 fully saturated rings. The third-order valence-electron chi connectivity index (χ3n) is 3.91. The maximum absolute atomic E-state index is 6.28. The predicted octanol–water partition coefficient (Wildman–Crippen LogP) is 1.10. The van der Waals surface area contributed by atoms with Crippen LogP contribution in [0.2, 0.25) is 0 Å². The third-order valence-corrected chi connectivity index (χ3v) is 3.91. The van der Waals surface area contributed by atoms with Crippen LogP contribution in [-0.4, -0.2) is 34.8 Å². The molecule has 0 aromatic carbocycles. The van der Waals surface area contributed by atoms with E-state index < -0.39 is 0 Å². The van der Waals surface area contributed by atoms with E-state index in [-0.39, 0.29) is 5.54 Å². The molecule has 1 aromatic heterocycles. The largest absolute Gasteiger partial charge is 0.320 e. The van der Waals surface area contributed by atoms with E-state index >= 15 is 0 Å². The van der Waals surface area contributed by atoms with E-state index in [1.54, 1.807) is 0 Å². The molecule has 1 aromatic rings. The Morgan fingerprint density at radius 2 is 2.31 bits per heavy atom. The van der Waals surface area contributed by atoms with Crippen molar-refractivity contribution in [2.45, 2.75) is 37.3 Å². The van der Waals surface area contributed by atoms with Crippen LogP contribution in [0.5, 0.6) is 0 Å². The minimum atomic E-state index is -0.0630. The molecule has 1 aliphatic carbocycles. The highest BCUT2D eigenvalue weighted by Gasteiger charge is 2.43. The van der Waals surface area contributed by atoms with E-state index in [0.29, 0.717) is 6.04 Å². The van der Waals surface area contributed by atoms with Crippen molar-refractivity contribution >= 4 is 0 Å². The first-order valence-electron chi connectivity index (χ1n) is 6.20. The predicted molar refractivity (Wildman–Crippen MR) is 63.1 cm³/mol. The number of hydrogen-bond donors (Lipinski definition) is 1. The van der Waals surface area contributed by atoms with Gasteiger partial charge in [-0.1, -0.05) is 0 Å². The molecule has 88 valence electrons. The fraction of sp³-hybridized carbons (Fsp3) is 0.750. The smallest absolute Gasteiger partial charge is 0.0650 e. The molecule has 2 aliphatic rings. The number of rotatable bonds is 2. The maximum atomic E-state index is 6.28. The first-order valence-corrected chi connectivity index (χ1v) is 6.20. The molecule has 0 bridgehead atoms. The number of hydrogen-bond acceptors (Lipinski definition) is 3. The standard InChI is InChI=1S/C12H20N4/c1-15-8-2-3-10(9-15)16-11(4-7-14-16)12(13)5-6-12/h4,7,10H,2-3,5-6,8-9,13H2,1H3. The topological polar surface area (TPSA) is 47.1 Å². The number of nitrogens with zero attached hydrogens (tertiary/aromatic N) is 3. The van der Waals surface area contributed by atoms with Crippen molar-refractivity contribution < 1.29 is 0 Å². The summed E-state index contributed by atoms with van der Waals surface area (Å²) in [5.74, 6) is 0. The Labute approximate surface area is 96.4 Å². The summed E-state index contributed by atoms with van der Waals surface area (Å²) in [5.41, 5.74) is 7.46. The highest BCUT2D eigenvalue weighted by atomic mass is 15.3. The molecule has 0 radical (unpaired) electrons. The quantitative estimate of drug-likeness (QED) is 0.812. The van der Waals surface area contributed by atoms with Crippen molar-refractivity contribution in [3.63, 3.8) is 0 Å². The lowest BCUT2D eigenvalue weighted by Crippen LogP contribution is -2.36. The van der Waals surface area contributed by atoms with E-state index in [2.05, 4.69) is 27.8 Å². The SMILES string of the molecule is CN1CCCC(n2nccc2C2(N)CC2)C1. The molecule has 1 atom stereocenters. The molecule has 4 nitrogen and oxygen atoms in total. The van der Waals surface area contributed by atoms with Crippen LogP contribution >= 0.6 is 0 Å². The van der Waals surface area contributed by atoms with Crippen LogP contribution in [0.4, 0.5) is 0 Å². The highest BCUT2D eigenvalue weighted by molar-refractivity contribution is 5.22. The number of nitrogens with two attached hydrogens (primary N) is 1. The molecule has 2 N–H and O–H groups in total. The summed E-state index contributed by atoms with van der Waals surface area (Å²) in [4.78, 5) is 2.38. The monoisotopic (exact) mass is 220 g/mol. The molecule has 0 amide bonds. The minimum Gasteiger partial charge on any atom is -0.320 e. The Hall–Kier alpha value is -0.870. The highest BCUT2D eigenvalue weighted by Crippen LogP contribution is 2.43. The zero-order chi connectivity index (χ0) is 11.2. The van der Waals surface area contributed by atoms with E-state index in [9.17, 15) is 0 Å². The van der Waals surface area contributed by atoms with Gasteiger partial charge in [-0.3, -0.25) is 4.68 Å². The van der Waals surface area contributed by atoms with Crippen molar-refractivity contribution in [2.75, 3.05) is 20.1 Å². The molecule has 1 aliphatic heterocycles. The van der Waals surface area contributed by atoms with Gasteiger partial charge in [-0.25, -0.2) is 0 Å². The van der Waals surface area contributed by atoms with Gasteiger partial charge in [-0.15, -0.1) is 0 Å². The molecular weight excluding hydrogens is 200 g/mol. The summed E-state index contributed by atoms with van der Waals surface area (Å²) in [6, 6.07) is 2.62.